The van der Waals surface area contributed by atoms with Gasteiger partial charge in [-0.2, -0.15) is 14.4 Å². The minimum Gasteiger partial charge on any atom is -0.724 e. The number of aliphatic hydroxyl groups is 1. The van der Waals surface area contributed by atoms with Crippen LogP contribution in [0.25, 0.3) is 5.70 Å². The first kappa shape index (κ1) is 33.7. The average molecular weight is 676 g/mol. The summed E-state index contributed by atoms with van der Waals surface area (Å²) in [5, 5.41) is 20.0. The number of hydrogen-bond donors (Lipinski definition) is 2. The number of nitrogens with one attached hydrogen (secondary N) is 1. The zero-order chi connectivity index (χ0) is 33.4. The van der Waals surface area contributed by atoms with Crippen LogP contribution in [0.2, 0.25) is 0 Å². The number of aliphatic hydroxyl groups excluding tert-OH is 1. The summed E-state index contributed by atoms with van der Waals surface area (Å²) in [5.74, 6) is 2.27. The molecule has 1 saturated heterocycles. The largest absolute Gasteiger partial charge is 0.724 e. The molecule has 0 saturated carbocycles. The lowest BCUT2D eigenvalue weighted by molar-refractivity contribution is -0.116. The van der Waals surface area contributed by atoms with Crippen molar-refractivity contribution in [3.63, 3.8) is 0 Å². The van der Waals surface area contributed by atoms with Crippen molar-refractivity contribution < 1.29 is 31.9 Å². The molecule has 1 fully saturated rings. The van der Waals surface area contributed by atoms with E-state index in [0.29, 0.717) is 10.8 Å². The monoisotopic (exact) mass is 675 g/mol. The summed E-state index contributed by atoms with van der Waals surface area (Å²) in [6, 6.07) is 32.7. The molecule has 0 aliphatic carbocycles. The second-order valence-corrected chi connectivity index (χ2v) is 14.8. The van der Waals surface area contributed by atoms with E-state index in [-0.39, 0.29) is 31.9 Å². The lowest BCUT2D eigenvalue weighted by Crippen LogP contribution is -2.35. The Morgan fingerprint density at radius 1 is 1.00 bits per heavy atom. The number of carbonyl (C=O) groups excluding carboxylic acids is 2. The Hall–Kier alpha value is -4.65. The molecule has 6 rings (SSSR count). The van der Waals surface area contributed by atoms with Crippen LogP contribution in [0.5, 0.6) is 0 Å². The van der Waals surface area contributed by atoms with E-state index in [1.807, 2.05) is 0 Å². The van der Waals surface area contributed by atoms with Gasteiger partial charge >= 0.3 is 6.03 Å². The number of fused-ring (bicyclic) bond motifs is 2. The molecule has 1 atom stereocenters. The topological polar surface area (TPSA) is 157 Å². The van der Waals surface area contributed by atoms with E-state index in [2.05, 4.69) is 125 Å². The van der Waals surface area contributed by atoms with Crippen molar-refractivity contribution in [2.75, 3.05) is 25.0 Å². The SMILES string of the molecule is C/C=C/[P+](c1ccccc1)(c1ccccc1)c1ccccc1.O=C(CCO)Nc1ccn(C2=CC3CN(C2)C(=O)N3OS(=O)(=O)[O-])n1. The molecular formula is C33H34N5O7PS. The average Bonchev–Trinajstić information content (AvgIpc) is 3.62. The number of aromatic nitrogens is 2. The molecule has 3 heterocycles. The second kappa shape index (κ2) is 14.8. The van der Waals surface area contributed by atoms with Crippen molar-refractivity contribution in [3.8, 4) is 0 Å². The Labute approximate surface area is 273 Å². The Bertz CT molecular complexity index is 1760. The smallest absolute Gasteiger partial charge is 0.346 e. The third-order valence-electron chi connectivity index (χ3n) is 7.43. The van der Waals surface area contributed by atoms with Gasteiger partial charge in [0.25, 0.3) is 0 Å². The summed E-state index contributed by atoms with van der Waals surface area (Å²) in [6.07, 6.45) is 5.24. The van der Waals surface area contributed by atoms with Crippen LogP contribution in [0, 0.1) is 0 Å². The van der Waals surface area contributed by atoms with Crippen LogP contribution in [0.3, 0.4) is 0 Å². The molecule has 1 unspecified atom stereocenters. The molecule has 2 aliphatic heterocycles. The normalized spacial score (nSPS) is 16.1. The van der Waals surface area contributed by atoms with E-state index in [9.17, 15) is 22.6 Å². The van der Waals surface area contributed by atoms with Crippen molar-refractivity contribution >= 4 is 57.0 Å². The third-order valence-corrected chi connectivity index (χ3v) is 11.9. The summed E-state index contributed by atoms with van der Waals surface area (Å²) in [6.45, 7) is 2.14. The first-order valence-electron chi connectivity index (χ1n) is 14.7. The van der Waals surface area contributed by atoms with Gasteiger partial charge in [-0.3, -0.25) is 4.79 Å². The molecule has 0 spiro atoms. The zero-order valence-electron chi connectivity index (χ0n) is 25.5. The minimum absolute atomic E-state index is 0.0596. The molecule has 3 amide bonds. The van der Waals surface area contributed by atoms with Gasteiger partial charge in [0.05, 0.1) is 31.1 Å². The molecule has 4 aromatic rings. The van der Waals surface area contributed by atoms with Crippen molar-refractivity contribution in [2.24, 2.45) is 0 Å². The van der Waals surface area contributed by atoms with Crippen molar-refractivity contribution in [2.45, 2.75) is 19.4 Å². The molecule has 12 nitrogen and oxygen atoms in total. The van der Waals surface area contributed by atoms with Gasteiger partial charge in [-0.15, -0.1) is 0 Å². The summed E-state index contributed by atoms with van der Waals surface area (Å²) in [4.78, 5) is 24.8. The van der Waals surface area contributed by atoms with Crippen molar-refractivity contribution in [3.05, 3.63) is 121 Å². The molecule has 47 heavy (non-hydrogen) atoms. The number of amides is 3. The zero-order valence-corrected chi connectivity index (χ0v) is 27.2. The van der Waals surface area contributed by atoms with Crippen LogP contribution < -0.4 is 21.2 Å². The van der Waals surface area contributed by atoms with Crippen LogP contribution in [-0.4, -0.2) is 75.5 Å². The molecule has 1 aromatic heterocycles. The van der Waals surface area contributed by atoms with Gasteiger partial charge in [0.2, 0.25) is 16.3 Å². The second-order valence-electron chi connectivity index (χ2n) is 10.6. The number of rotatable bonds is 10. The van der Waals surface area contributed by atoms with Gasteiger partial charge in [-0.25, -0.2) is 17.9 Å². The Morgan fingerprint density at radius 2 is 1.55 bits per heavy atom. The van der Waals surface area contributed by atoms with Gasteiger partial charge in [0.1, 0.15) is 29.2 Å². The number of hydroxylamine groups is 2. The van der Waals surface area contributed by atoms with E-state index in [0.717, 1.165) is 0 Å². The highest BCUT2D eigenvalue weighted by Crippen LogP contribution is 2.56. The van der Waals surface area contributed by atoms with Gasteiger partial charge in [0.15, 0.2) is 5.82 Å². The number of allylic oxidation sites excluding steroid dienone is 1. The fourth-order valence-corrected chi connectivity index (χ4v) is 9.65. The molecule has 14 heteroatoms. The lowest BCUT2D eigenvalue weighted by atomic mass is 10.2. The highest BCUT2D eigenvalue weighted by molar-refractivity contribution is 7.98. The first-order chi connectivity index (χ1) is 22.6. The Morgan fingerprint density at radius 3 is 2.04 bits per heavy atom. The van der Waals surface area contributed by atoms with Crippen molar-refractivity contribution in [1.82, 2.24) is 19.7 Å². The molecule has 2 aliphatic rings. The van der Waals surface area contributed by atoms with E-state index < -0.39 is 35.6 Å². The molecule has 2 bridgehead atoms. The maximum Gasteiger partial charge on any atom is 0.346 e. The summed E-state index contributed by atoms with van der Waals surface area (Å²) in [5.41, 5.74) is 0.543. The van der Waals surface area contributed by atoms with Crippen LogP contribution in [-0.2, 0) is 19.5 Å². The summed E-state index contributed by atoms with van der Waals surface area (Å²) >= 11 is 0. The van der Waals surface area contributed by atoms with E-state index in [4.69, 9.17) is 5.11 Å². The van der Waals surface area contributed by atoms with E-state index in [1.54, 1.807) is 12.3 Å². The van der Waals surface area contributed by atoms with Crippen LogP contribution in [0.15, 0.2) is 121 Å². The van der Waals surface area contributed by atoms with Gasteiger partial charge < -0.3 is 19.9 Å². The quantitative estimate of drug-likeness (QED) is 0.148. The Kier molecular flexibility index (Phi) is 10.6. The van der Waals surface area contributed by atoms with Gasteiger partial charge in [-0.05, 0) is 49.4 Å². The maximum absolute atomic E-state index is 12.0. The lowest BCUT2D eigenvalue weighted by Gasteiger charge is -2.23. The molecule has 244 valence electrons. The highest BCUT2D eigenvalue weighted by Gasteiger charge is 2.43. The predicted molar refractivity (Wildman–Crippen MR) is 180 cm³/mol. The van der Waals surface area contributed by atoms with Crippen LogP contribution in [0.4, 0.5) is 10.6 Å². The standard InChI is InChI=1S/C21H20P.C12H15N5O7S/c1-2-18-22(19-12-6-3-7-13-19,20-14-8-4-9-15-20)21-16-10-5-11-17-21;18-4-2-11(19)13-10-1-3-16(14-10)8-5-9-7-15(6-8)12(20)17(9)24-25(21,22)23/h2-18H,1H3;1,3,5,9,18H,2,4,6-7H2,(H,13,14,19)(H,21,22,23)/q+1;/p-1/b18-2+;. The molecule has 3 aromatic carbocycles. The number of anilines is 1. The van der Waals surface area contributed by atoms with E-state index >= 15 is 0 Å². The third kappa shape index (κ3) is 7.84. The van der Waals surface area contributed by atoms with E-state index in [1.165, 1.54) is 31.6 Å². The minimum atomic E-state index is -5.07. The fourth-order valence-electron chi connectivity index (χ4n) is 5.49. The molecule has 0 radical (unpaired) electrons. The number of carbonyl (C=O) groups is 2. The molecular weight excluding hydrogens is 641 g/mol. The van der Waals surface area contributed by atoms with Gasteiger partial charge in [0, 0.05) is 18.8 Å². The highest BCUT2D eigenvalue weighted by atomic mass is 32.3. The van der Waals surface area contributed by atoms with Gasteiger partial charge in [-0.1, -0.05) is 60.7 Å². The number of benzene rings is 3. The van der Waals surface area contributed by atoms with Crippen LogP contribution >= 0.6 is 7.26 Å². The maximum atomic E-state index is 12.0. The first-order valence-corrected chi connectivity index (χ1v) is 17.9. The molecule has 2 N–H and O–H groups in total. The number of nitrogens with zero attached hydrogens (tertiary/aromatic N) is 4. The Balaban J connectivity index is 0.000000186. The number of hydrogen-bond acceptors (Lipinski definition) is 8. The fraction of sp³-hybridized carbons (Fsp3) is 0.182. The summed E-state index contributed by atoms with van der Waals surface area (Å²) in [7, 11) is -6.80. The summed E-state index contributed by atoms with van der Waals surface area (Å²) < 4.78 is 37.8. The predicted octanol–water partition coefficient (Wildman–Crippen LogP) is 3.07. The van der Waals surface area contributed by atoms with Crippen LogP contribution in [0.1, 0.15) is 13.3 Å². The number of urea groups is 1. The van der Waals surface area contributed by atoms with Crippen molar-refractivity contribution in [1.29, 1.82) is 0 Å².